The molecule has 1 nitrogen and oxygen atoms in total. The molecule has 1 fully saturated rings. The molecule has 0 unspecified atom stereocenters. The highest BCUT2D eigenvalue weighted by atomic mass is 16.5. The second-order valence-electron chi connectivity index (χ2n) is 3.29. The standard InChI is InChI=1S/C12H13O/c1-10-12(7-8-13-10)9-11-5-3-2-4-6-11/h2-6H,1,7-9H2. The summed E-state index contributed by atoms with van der Waals surface area (Å²) in [7, 11) is 0. The SMILES string of the molecule is C=C1OCC[C]1Cc1ccccc1. The first kappa shape index (κ1) is 8.36. The highest BCUT2D eigenvalue weighted by Gasteiger charge is 2.21. The summed E-state index contributed by atoms with van der Waals surface area (Å²) in [4.78, 5) is 0. The minimum atomic E-state index is 0.807. The van der Waals surface area contributed by atoms with Crippen molar-refractivity contribution in [2.24, 2.45) is 0 Å². The van der Waals surface area contributed by atoms with Crippen LogP contribution in [-0.2, 0) is 11.2 Å². The molecule has 1 radical (unpaired) electrons. The van der Waals surface area contributed by atoms with Crippen LogP contribution < -0.4 is 0 Å². The number of allylic oxidation sites excluding steroid dienone is 1. The van der Waals surface area contributed by atoms with Crippen LogP contribution in [0.5, 0.6) is 0 Å². The van der Waals surface area contributed by atoms with Gasteiger partial charge in [-0.2, -0.15) is 0 Å². The van der Waals surface area contributed by atoms with Crippen molar-refractivity contribution in [2.45, 2.75) is 12.8 Å². The van der Waals surface area contributed by atoms with Gasteiger partial charge in [-0.3, -0.25) is 0 Å². The van der Waals surface area contributed by atoms with Gasteiger partial charge >= 0.3 is 0 Å². The van der Waals surface area contributed by atoms with E-state index in [0.717, 1.165) is 25.2 Å². The van der Waals surface area contributed by atoms with Gasteiger partial charge in [0.25, 0.3) is 0 Å². The van der Waals surface area contributed by atoms with Gasteiger partial charge in [0.05, 0.1) is 12.4 Å². The molecule has 1 aromatic rings. The van der Waals surface area contributed by atoms with Gasteiger partial charge in [-0.05, 0) is 18.4 Å². The van der Waals surface area contributed by atoms with Crippen LogP contribution in [0.15, 0.2) is 42.7 Å². The first-order chi connectivity index (χ1) is 6.36. The molecule has 1 aromatic carbocycles. The van der Waals surface area contributed by atoms with Crippen molar-refractivity contribution in [1.82, 2.24) is 0 Å². The van der Waals surface area contributed by atoms with E-state index in [1.165, 1.54) is 11.5 Å². The van der Waals surface area contributed by atoms with E-state index in [2.05, 4.69) is 30.8 Å². The van der Waals surface area contributed by atoms with E-state index in [9.17, 15) is 0 Å². The molecular formula is C12H13O. The number of hydrogen-bond donors (Lipinski definition) is 0. The summed E-state index contributed by atoms with van der Waals surface area (Å²) in [5.74, 6) is 2.22. The first-order valence-electron chi connectivity index (χ1n) is 4.57. The van der Waals surface area contributed by atoms with E-state index in [4.69, 9.17) is 4.74 Å². The Hall–Kier alpha value is -1.24. The highest BCUT2D eigenvalue weighted by molar-refractivity contribution is 5.27. The van der Waals surface area contributed by atoms with Gasteiger partial charge in [0.2, 0.25) is 0 Å². The molecule has 2 rings (SSSR count). The van der Waals surface area contributed by atoms with E-state index in [0.29, 0.717) is 0 Å². The molecule has 0 amide bonds. The molecule has 0 N–H and O–H groups in total. The van der Waals surface area contributed by atoms with Gasteiger partial charge in [-0.25, -0.2) is 0 Å². The first-order valence-corrected chi connectivity index (χ1v) is 4.57. The van der Waals surface area contributed by atoms with E-state index in [1.807, 2.05) is 6.07 Å². The van der Waals surface area contributed by atoms with Gasteiger partial charge in [-0.1, -0.05) is 36.9 Å². The molecule has 1 heterocycles. The largest absolute Gasteiger partial charge is 0.498 e. The third-order valence-electron chi connectivity index (χ3n) is 2.33. The third-order valence-corrected chi connectivity index (χ3v) is 2.33. The molecule has 1 heteroatoms. The van der Waals surface area contributed by atoms with Crippen molar-refractivity contribution < 1.29 is 4.74 Å². The molecule has 0 atom stereocenters. The maximum atomic E-state index is 5.31. The molecule has 1 aliphatic heterocycles. The number of ether oxygens (including phenoxy) is 1. The molecule has 0 aromatic heterocycles. The Labute approximate surface area is 79.0 Å². The molecule has 13 heavy (non-hydrogen) atoms. The van der Waals surface area contributed by atoms with Crippen molar-refractivity contribution >= 4 is 0 Å². The van der Waals surface area contributed by atoms with Gasteiger partial charge < -0.3 is 4.74 Å². The smallest absolute Gasteiger partial charge is 0.0964 e. The molecular weight excluding hydrogens is 160 g/mol. The van der Waals surface area contributed by atoms with Crippen LogP contribution in [0.4, 0.5) is 0 Å². The second kappa shape index (κ2) is 3.65. The zero-order valence-electron chi connectivity index (χ0n) is 7.62. The van der Waals surface area contributed by atoms with Crippen LogP contribution in [0.2, 0.25) is 0 Å². The highest BCUT2D eigenvalue weighted by Crippen LogP contribution is 2.28. The van der Waals surface area contributed by atoms with Crippen molar-refractivity contribution in [2.75, 3.05) is 6.61 Å². The predicted octanol–water partition coefficient (Wildman–Crippen LogP) is 2.74. The second-order valence-corrected chi connectivity index (χ2v) is 3.29. The lowest BCUT2D eigenvalue weighted by molar-refractivity contribution is 0.266. The summed E-state index contributed by atoms with van der Waals surface area (Å²) in [6.07, 6.45) is 2.02. The lowest BCUT2D eigenvalue weighted by Gasteiger charge is -2.07. The van der Waals surface area contributed by atoms with E-state index in [-0.39, 0.29) is 0 Å². The quantitative estimate of drug-likeness (QED) is 0.668. The Morgan fingerprint density at radius 3 is 2.62 bits per heavy atom. The van der Waals surface area contributed by atoms with Crippen molar-refractivity contribution in [1.29, 1.82) is 0 Å². The van der Waals surface area contributed by atoms with Gasteiger partial charge in [0.15, 0.2) is 0 Å². The molecule has 0 bridgehead atoms. The summed E-state index contributed by atoms with van der Waals surface area (Å²) >= 11 is 0. The van der Waals surface area contributed by atoms with Crippen LogP contribution in [0.3, 0.4) is 0 Å². The summed E-state index contributed by atoms with van der Waals surface area (Å²) in [6.45, 7) is 4.68. The summed E-state index contributed by atoms with van der Waals surface area (Å²) < 4.78 is 5.31. The maximum Gasteiger partial charge on any atom is 0.0964 e. The predicted molar refractivity (Wildman–Crippen MR) is 53.1 cm³/mol. The third kappa shape index (κ3) is 1.92. The Morgan fingerprint density at radius 1 is 1.23 bits per heavy atom. The monoisotopic (exact) mass is 173 g/mol. The van der Waals surface area contributed by atoms with Crippen LogP contribution in [0.1, 0.15) is 12.0 Å². The molecule has 67 valence electrons. The fourth-order valence-corrected chi connectivity index (χ4v) is 1.57. The molecule has 0 spiro atoms. The Kier molecular flexibility index (Phi) is 2.35. The van der Waals surface area contributed by atoms with E-state index in [1.54, 1.807) is 0 Å². The van der Waals surface area contributed by atoms with E-state index < -0.39 is 0 Å². The average Bonchev–Trinajstić information content (AvgIpc) is 2.54. The van der Waals surface area contributed by atoms with Crippen molar-refractivity contribution in [3.05, 3.63) is 54.2 Å². The lowest BCUT2D eigenvalue weighted by Crippen LogP contribution is -1.98. The van der Waals surface area contributed by atoms with Gasteiger partial charge in [0.1, 0.15) is 0 Å². The molecule has 1 saturated heterocycles. The Bertz CT molecular complexity index is 289. The minimum Gasteiger partial charge on any atom is -0.498 e. The zero-order chi connectivity index (χ0) is 9.10. The van der Waals surface area contributed by atoms with Crippen molar-refractivity contribution in [3.8, 4) is 0 Å². The summed E-state index contributed by atoms with van der Waals surface area (Å²) in [5, 5.41) is 0. The van der Waals surface area contributed by atoms with Crippen molar-refractivity contribution in [3.63, 3.8) is 0 Å². The van der Waals surface area contributed by atoms with Crippen LogP contribution >= 0.6 is 0 Å². The lowest BCUT2D eigenvalue weighted by atomic mass is 9.97. The summed E-state index contributed by atoms with van der Waals surface area (Å²) in [5.41, 5.74) is 1.34. The zero-order valence-corrected chi connectivity index (χ0v) is 7.62. The fourth-order valence-electron chi connectivity index (χ4n) is 1.57. The Morgan fingerprint density at radius 2 is 2.00 bits per heavy atom. The van der Waals surface area contributed by atoms with E-state index >= 15 is 0 Å². The number of rotatable bonds is 2. The molecule has 0 saturated carbocycles. The normalized spacial score (nSPS) is 17.4. The van der Waals surface area contributed by atoms with Gasteiger partial charge in [-0.15, -0.1) is 0 Å². The van der Waals surface area contributed by atoms with Crippen LogP contribution in [0.25, 0.3) is 0 Å². The number of hydrogen-bond acceptors (Lipinski definition) is 1. The topological polar surface area (TPSA) is 9.23 Å². The van der Waals surface area contributed by atoms with Crippen LogP contribution in [0, 0.1) is 5.92 Å². The van der Waals surface area contributed by atoms with Crippen LogP contribution in [-0.4, -0.2) is 6.61 Å². The number of benzene rings is 1. The summed E-state index contributed by atoms with van der Waals surface area (Å²) in [6, 6.07) is 10.4. The van der Waals surface area contributed by atoms with Gasteiger partial charge in [0, 0.05) is 5.92 Å². The molecule has 0 aliphatic carbocycles. The minimum absolute atomic E-state index is 0.807. The Balaban J connectivity index is 2.02. The molecule has 1 aliphatic rings. The average molecular weight is 173 g/mol. The maximum absolute atomic E-state index is 5.31. The fraction of sp³-hybridized carbons (Fsp3) is 0.250.